The highest BCUT2D eigenvalue weighted by atomic mass is 16.2. The first kappa shape index (κ1) is 13.7. The Morgan fingerprint density at radius 1 is 1.32 bits per heavy atom. The van der Waals surface area contributed by atoms with Crippen molar-refractivity contribution in [1.82, 2.24) is 4.90 Å². The summed E-state index contributed by atoms with van der Waals surface area (Å²) in [6.07, 6.45) is 6.98. The third-order valence-electron chi connectivity index (χ3n) is 3.75. The lowest BCUT2D eigenvalue weighted by Crippen LogP contribution is -2.39. The second-order valence-electron chi connectivity index (χ2n) is 5.19. The molecule has 1 saturated carbocycles. The maximum absolute atomic E-state index is 12.4. The van der Waals surface area contributed by atoms with E-state index in [-0.39, 0.29) is 5.91 Å². The van der Waals surface area contributed by atoms with E-state index in [1.54, 1.807) is 0 Å². The summed E-state index contributed by atoms with van der Waals surface area (Å²) in [6, 6.07) is 7.94. The van der Waals surface area contributed by atoms with Crippen LogP contribution in [0.3, 0.4) is 0 Å². The van der Waals surface area contributed by atoms with Crippen molar-refractivity contribution in [2.24, 2.45) is 0 Å². The minimum absolute atomic E-state index is 0.191. The van der Waals surface area contributed by atoms with Crippen molar-refractivity contribution in [2.45, 2.75) is 38.1 Å². The van der Waals surface area contributed by atoms with Crippen LogP contribution in [0.1, 0.15) is 31.2 Å². The van der Waals surface area contributed by atoms with Crippen LogP contribution in [0.25, 0.3) is 0 Å². The standard InChI is InChI=1S/C16H22N2O/c1-2-11-18(15-5-3-4-6-15)16(19)12-13-7-9-14(17)10-8-13/h2,7-10,15H,1,3-6,11-12,17H2. The number of benzene rings is 1. The number of hydrogen-bond donors (Lipinski definition) is 1. The molecule has 0 aliphatic heterocycles. The Hall–Kier alpha value is -1.77. The quantitative estimate of drug-likeness (QED) is 0.652. The van der Waals surface area contributed by atoms with Gasteiger partial charge in [0.1, 0.15) is 0 Å². The molecule has 102 valence electrons. The predicted octanol–water partition coefficient (Wildman–Crippen LogP) is 2.77. The zero-order chi connectivity index (χ0) is 13.7. The average Bonchev–Trinajstić information content (AvgIpc) is 2.92. The van der Waals surface area contributed by atoms with Gasteiger partial charge in [-0.1, -0.05) is 31.1 Å². The van der Waals surface area contributed by atoms with Gasteiger partial charge in [-0.2, -0.15) is 0 Å². The van der Waals surface area contributed by atoms with Gasteiger partial charge in [0.25, 0.3) is 0 Å². The van der Waals surface area contributed by atoms with Crippen molar-refractivity contribution < 1.29 is 4.79 Å². The fraction of sp³-hybridized carbons (Fsp3) is 0.438. The summed E-state index contributed by atoms with van der Waals surface area (Å²) >= 11 is 0. The smallest absolute Gasteiger partial charge is 0.227 e. The monoisotopic (exact) mass is 258 g/mol. The van der Waals surface area contributed by atoms with Crippen molar-refractivity contribution >= 4 is 11.6 Å². The van der Waals surface area contributed by atoms with E-state index in [1.165, 1.54) is 12.8 Å². The molecule has 0 radical (unpaired) electrons. The van der Waals surface area contributed by atoms with Crippen LogP contribution in [0.15, 0.2) is 36.9 Å². The predicted molar refractivity (Wildman–Crippen MR) is 78.7 cm³/mol. The zero-order valence-corrected chi connectivity index (χ0v) is 11.3. The highest BCUT2D eigenvalue weighted by Gasteiger charge is 2.25. The first-order valence-electron chi connectivity index (χ1n) is 6.95. The lowest BCUT2D eigenvalue weighted by atomic mass is 10.1. The first-order chi connectivity index (χ1) is 9.20. The number of carbonyl (C=O) groups excluding carboxylic acids is 1. The summed E-state index contributed by atoms with van der Waals surface area (Å²) in [5, 5.41) is 0. The van der Waals surface area contributed by atoms with Crippen LogP contribution in [0, 0.1) is 0 Å². The summed E-state index contributed by atoms with van der Waals surface area (Å²) in [5.74, 6) is 0.191. The summed E-state index contributed by atoms with van der Waals surface area (Å²) in [7, 11) is 0. The molecule has 2 rings (SSSR count). The van der Waals surface area contributed by atoms with E-state index in [1.807, 2.05) is 35.2 Å². The Labute approximate surface area is 115 Å². The van der Waals surface area contributed by atoms with Gasteiger partial charge in [-0.05, 0) is 30.5 Å². The molecule has 0 saturated heterocycles. The number of rotatable bonds is 5. The van der Waals surface area contributed by atoms with Crippen LogP contribution >= 0.6 is 0 Å². The second-order valence-corrected chi connectivity index (χ2v) is 5.19. The van der Waals surface area contributed by atoms with Gasteiger partial charge in [-0.3, -0.25) is 4.79 Å². The zero-order valence-electron chi connectivity index (χ0n) is 11.3. The molecule has 1 amide bonds. The van der Waals surface area contributed by atoms with Crippen LogP contribution in [-0.2, 0) is 11.2 Å². The minimum Gasteiger partial charge on any atom is -0.399 e. The maximum Gasteiger partial charge on any atom is 0.227 e. The lowest BCUT2D eigenvalue weighted by molar-refractivity contribution is -0.132. The van der Waals surface area contributed by atoms with Crippen LogP contribution in [0.5, 0.6) is 0 Å². The number of anilines is 1. The Kier molecular flexibility index (Phi) is 4.61. The number of nitrogen functional groups attached to an aromatic ring is 1. The second kappa shape index (κ2) is 6.41. The molecule has 2 N–H and O–H groups in total. The van der Waals surface area contributed by atoms with Gasteiger partial charge in [-0.25, -0.2) is 0 Å². The average molecular weight is 258 g/mol. The van der Waals surface area contributed by atoms with Gasteiger partial charge >= 0.3 is 0 Å². The van der Waals surface area contributed by atoms with Gasteiger partial charge in [0.05, 0.1) is 6.42 Å². The van der Waals surface area contributed by atoms with E-state index in [0.29, 0.717) is 19.0 Å². The highest BCUT2D eigenvalue weighted by molar-refractivity contribution is 5.79. The molecular formula is C16H22N2O. The van der Waals surface area contributed by atoms with Crippen molar-refractivity contribution in [3.8, 4) is 0 Å². The van der Waals surface area contributed by atoms with Crippen molar-refractivity contribution in [3.05, 3.63) is 42.5 Å². The summed E-state index contributed by atoms with van der Waals surface area (Å²) < 4.78 is 0. The van der Waals surface area contributed by atoms with Crippen molar-refractivity contribution in [2.75, 3.05) is 12.3 Å². The normalized spacial score (nSPS) is 15.4. The number of nitrogens with zero attached hydrogens (tertiary/aromatic N) is 1. The van der Waals surface area contributed by atoms with E-state index in [0.717, 1.165) is 24.1 Å². The molecule has 0 unspecified atom stereocenters. The van der Waals surface area contributed by atoms with Gasteiger partial charge in [0, 0.05) is 18.3 Å². The summed E-state index contributed by atoms with van der Waals surface area (Å²) in [5.41, 5.74) is 7.41. The van der Waals surface area contributed by atoms with E-state index in [9.17, 15) is 4.79 Å². The molecule has 1 aromatic carbocycles. The molecule has 3 heteroatoms. The van der Waals surface area contributed by atoms with Crippen LogP contribution in [-0.4, -0.2) is 23.4 Å². The van der Waals surface area contributed by atoms with Crippen molar-refractivity contribution in [3.63, 3.8) is 0 Å². The number of hydrogen-bond acceptors (Lipinski definition) is 2. The largest absolute Gasteiger partial charge is 0.399 e. The van der Waals surface area contributed by atoms with Crippen LogP contribution in [0.2, 0.25) is 0 Å². The van der Waals surface area contributed by atoms with Gasteiger partial charge < -0.3 is 10.6 Å². The third kappa shape index (κ3) is 3.60. The molecule has 0 atom stereocenters. The van der Waals surface area contributed by atoms with Gasteiger partial charge in [0.15, 0.2) is 0 Å². The van der Waals surface area contributed by atoms with E-state index < -0.39 is 0 Å². The Bertz CT molecular complexity index is 433. The number of amides is 1. The molecule has 1 fully saturated rings. The highest BCUT2D eigenvalue weighted by Crippen LogP contribution is 2.24. The Morgan fingerprint density at radius 3 is 2.53 bits per heavy atom. The summed E-state index contributed by atoms with van der Waals surface area (Å²) in [6.45, 7) is 4.41. The van der Waals surface area contributed by atoms with E-state index >= 15 is 0 Å². The number of nitrogens with two attached hydrogens (primary N) is 1. The van der Waals surface area contributed by atoms with Crippen LogP contribution in [0.4, 0.5) is 5.69 Å². The molecule has 0 aromatic heterocycles. The fourth-order valence-corrected chi connectivity index (χ4v) is 2.72. The topological polar surface area (TPSA) is 46.3 Å². The first-order valence-corrected chi connectivity index (χ1v) is 6.95. The minimum atomic E-state index is 0.191. The fourth-order valence-electron chi connectivity index (χ4n) is 2.72. The van der Waals surface area contributed by atoms with Crippen LogP contribution < -0.4 is 5.73 Å². The third-order valence-corrected chi connectivity index (χ3v) is 3.75. The molecule has 0 heterocycles. The Balaban J connectivity index is 2.02. The van der Waals surface area contributed by atoms with E-state index in [4.69, 9.17) is 5.73 Å². The summed E-state index contributed by atoms with van der Waals surface area (Å²) in [4.78, 5) is 14.4. The molecule has 1 aromatic rings. The molecular weight excluding hydrogens is 236 g/mol. The molecule has 19 heavy (non-hydrogen) atoms. The lowest BCUT2D eigenvalue weighted by Gasteiger charge is -2.28. The molecule has 0 spiro atoms. The van der Waals surface area contributed by atoms with Crippen molar-refractivity contribution in [1.29, 1.82) is 0 Å². The maximum atomic E-state index is 12.4. The molecule has 3 nitrogen and oxygen atoms in total. The molecule has 0 bridgehead atoms. The van der Waals surface area contributed by atoms with Gasteiger partial charge in [-0.15, -0.1) is 6.58 Å². The SMILES string of the molecule is C=CCN(C(=O)Cc1ccc(N)cc1)C1CCCC1. The van der Waals surface area contributed by atoms with Gasteiger partial charge in [0.2, 0.25) is 5.91 Å². The Morgan fingerprint density at radius 2 is 1.95 bits per heavy atom. The molecule has 1 aliphatic rings. The van der Waals surface area contributed by atoms with E-state index in [2.05, 4.69) is 6.58 Å². The molecule has 1 aliphatic carbocycles. The number of carbonyl (C=O) groups is 1.